The Bertz CT molecular complexity index is 1190. The minimum Gasteiger partial charge on any atom is -0.496 e. The molecule has 34 heavy (non-hydrogen) atoms. The maximum atomic E-state index is 14.1. The smallest absolute Gasteiger partial charge is 0.258 e. The predicted octanol–water partition coefficient (Wildman–Crippen LogP) is 3.91. The highest BCUT2D eigenvalue weighted by molar-refractivity contribution is 6.16. The number of carbonyl (C=O) groups excluding carboxylic acids is 1. The van der Waals surface area contributed by atoms with Gasteiger partial charge in [0.2, 0.25) is 0 Å². The fraction of sp³-hybridized carbons (Fsp3) is 0.280. The van der Waals surface area contributed by atoms with Gasteiger partial charge < -0.3 is 21.1 Å². The van der Waals surface area contributed by atoms with Crippen molar-refractivity contribution in [2.45, 2.75) is 38.3 Å². The number of amides is 1. The van der Waals surface area contributed by atoms with Gasteiger partial charge in [-0.2, -0.15) is 0 Å². The standard InChI is InChI=1S/C25H27FN6O2/c1-34-19-8-4-7-18(26)20(19)25(33)29-13-15-9-11-16(12-10-15)22(27)21-23(28)30-14-31-24(21)32-17-5-2-3-6-17/h4,7-12,14,17,27H,2-3,5-6,13H2,1H3,(H,29,33)(H3,28,30,31,32). The van der Waals surface area contributed by atoms with Crippen molar-refractivity contribution >= 4 is 23.3 Å². The van der Waals surface area contributed by atoms with Crippen molar-refractivity contribution in [3.05, 3.63) is 76.9 Å². The number of anilines is 2. The molecule has 1 amide bonds. The lowest BCUT2D eigenvalue weighted by Gasteiger charge is -2.17. The van der Waals surface area contributed by atoms with Crippen LogP contribution in [0.25, 0.3) is 0 Å². The Labute approximate surface area is 197 Å². The molecule has 1 fully saturated rings. The fourth-order valence-corrected chi connectivity index (χ4v) is 4.12. The van der Waals surface area contributed by atoms with E-state index in [1.54, 1.807) is 24.3 Å². The quantitative estimate of drug-likeness (QED) is 0.376. The molecule has 0 aliphatic heterocycles. The topological polar surface area (TPSA) is 126 Å². The molecule has 1 saturated carbocycles. The molecule has 0 radical (unpaired) electrons. The lowest BCUT2D eigenvalue weighted by atomic mass is 10.0. The van der Waals surface area contributed by atoms with Crippen molar-refractivity contribution in [2.75, 3.05) is 18.2 Å². The van der Waals surface area contributed by atoms with E-state index in [0.29, 0.717) is 23.0 Å². The van der Waals surface area contributed by atoms with Crippen LogP contribution in [0.15, 0.2) is 48.8 Å². The predicted molar refractivity (Wildman–Crippen MR) is 129 cm³/mol. The molecular weight excluding hydrogens is 435 g/mol. The molecule has 1 aliphatic rings. The SMILES string of the molecule is COc1cccc(F)c1C(=O)NCc1ccc(C(=N)c2c(N)ncnc2NC2CCCC2)cc1. The van der Waals surface area contributed by atoms with Crippen LogP contribution in [-0.4, -0.2) is 34.7 Å². The lowest BCUT2D eigenvalue weighted by Crippen LogP contribution is -2.24. The second-order valence-corrected chi connectivity index (χ2v) is 8.18. The maximum absolute atomic E-state index is 14.1. The Morgan fingerprint density at radius 2 is 1.88 bits per heavy atom. The van der Waals surface area contributed by atoms with Crippen LogP contribution in [0.5, 0.6) is 5.75 Å². The summed E-state index contributed by atoms with van der Waals surface area (Å²) in [5, 5.41) is 14.8. The molecule has 0 bridgehead atoms. The Morgan fingerprint density at radius 1 is 1.15 bits per heavy atom. The molecule has 2 aromatic carbocycles. The number of rotatable bonds is 8. The third kappa shape index (κ3) is 4.98. The average Bonchev–Trinajstić information content (AvgIpc) is 3.35. The third-order valence-corrected chi connectivity index (χ3v) is 5.94. The summed E-state index contributed by atoms with van der Waals surface area (Å²) < 4.78 is 19.2. The number of nitrogens with one attached hydrogen (secondary N) is 3. The number of nitrogens with zero attached hydrogens (tertiary/aromatic N) is 2. The van der Waals surface area contributed by atoms with Gasteiger partial charge in [-0.05, 0) is 30.5 Å². The van der Waals surface area contributed by atoms with Crippen molar-refractivity contribution < 1.29 is 13.9 Å². The maximum Gasteiger partial charge on any atom is 0.258 e. The van der Waals surface area contributed by atoms with E-state index in [0.717, 1.165) is 18.4 Å². The summed E-state index contributed by atoms with van der Waals surface area (Å²) in [6.07, 6.45) is 5.88. The first-order chi connectivity index (χ1) is 16.5. The first kappa shape index (κ1) is 23.2. The average molecular weight is 463 g/mol. The second-order valence-electron chi connectivity index (χ2n) is 8.18. The van der Waals surface area contributed by atoms with Gasteiger partial charge in [0.25, 0.3) is 5.91 Å². The molecule has 1 aromatic heterocycles. The third-order valence-electron chi connectivity index (χ3n) is 5.94. The van der Waals surface area contributed by atoms with Gasteiger partial charge in [0, 0.05) is 18.2 Å². The van der Waals surface area contributed by atoms with E-state index in [1.807, 2.05) is 0 Å². The van der Waals surface area contributed by atoms with Gasteiger partial charge >= 0.3 is 0 Å². The number of benzene rings is 2. The van der Waals surface area contributed by atoms with E-state index >= 15 is 0 Å². The van der Waals surface area contributed by atoms with Crippen LogP contribution in [0, 0.1) is 11.2 Å². The van der Waals surface area contributed by atoms with Gasteiger partial charge in [0.15, 0.2) is 0 Å². The monoisotopic (exact) mass is 462 g/mol. The Kier molecular flexibility index (Phi) is 7.01. The highest BCUT2D eigenvalue weighted by atomic mass is 19.1. The van der Waals surface area contributed by atoms with Gasteiger partial charge in [0.1, 0.15) is 35.1 Å². The summed E-state index contributed by atoms with van der Waals surface area (Å²) in [6, 6.07) is 11.7. The molecule has 176 valence electrons. The Hall–Kier alpha value is -4.01. The molecule has 0 atom stereocenters. The van der Waals surface area contributed by atoms with Crippen LogP contribution < -0.4 is 21.1 Å². The van der Waals surface area contributed by atoms with E-state index in [2.05, 4.69) is 20.6 Å². The number of nitrogen functional groups attached to an aromatic ring is 1. The van der Waals surface area contributed by atoms with Crippen LogP contribution in [0.3, 0.4) is 0 Å². The number of halogens is 1. The van der Waals surface area contributed by atoms with Crippen LogP contribution in [-0.2, 0) is 6.54 Å². The Balaban J connectivity index is 1.46. The summed E-state index contributed by atoms with van der Waals surface area (Å²) >= 11 is 0. The zero-order valence-electron chi connectivity index (χ0n) is 18.9. The van der Waals surface area contributed by atoms with Crippen molar-refractivity contribution in [2.24, 2.45) is 0 Å². The molecular formula is C25H27FN6O2. The summed E-state index contributed by atoms with van der Waals surface area (Å²) in [4.78, 5) is 20.9. The van der Waals surface area contributed by atoms with Gasteiger partial charge in [-0.25, -0.2) is 14.4 Å². The number of hydrogen-bond acceptors (Lipinski definition) is 7. The van der Waals surface area contributed by atoms with Crippen molar-refractivity contribution in [1.82, 2.24) is 15.3 Å². The van der Waals surface area contributed by atoms with E-state index in [1.165, 1.54) is 44.5 Å². The molecule has 0 spiro atoms. The molecule has 0 saturated heterocycles. The summed E-state index contributed by atoms with van der Waals surface area (Å²) in [7, 11) is 1.39. The largest absolute Gasteiger partial charge is 0.496 e. The molecule has 8 nitrogen and oxygen atoms in total. The van der Waals surface area contributed by atoms with E-state index in [9.17, 15) is 9.18 Å². The zero-order chi connectivity index (χ0) is 24.1. The van der Waals surface area contributed by atoms with E-state index < -0.39 is 11.7 Å². The molecule has 9 heteroatoms. The first-order valence-corrected chi connectivity index (χ1v) is 11.1. The normalized spacial score (nSPS) is 13.5. The number of ether oxygens (including phenoxy) is 1. The Morgan fingerprint density at radius 3 is 2.59 bits per heavy atom. The number of hydrogen-bond donors (Lipinski definition) is 4. The van der Waals surface area contributed by atoms with Crippen molar-refractivity contribution in [1.29, 1.82) is 5.41 Å². The van der Waals surface area contributed by atoms with Crippen LogP contribution in [0.4, 0.5) is 16.0 Å². The van der Waals surface area contributed by atoms with Gasteiger partial charge in [-0.15, -0.1) is 0 Å². The van der Waals surface area contributed by atoms with Gasteiger partial charge in [0.05, 0.1) is 18.4 Å². The number of methoxy groups -OCH3 is 1. The van der Waals surface area contributed by atoms with E-state index in [-0.39, 0.29) is 29.4 Å². The minimum absolute atomic E-state index is 0.134. The molecule has 0 unspecified atom stereocenters. The number of aromatic nitrogens is 2. The van der Waals surface area contributed by atoms with Crippen LogP contribution in [0.2, 0.25) is 0 Å². The summed E-state index contributed by atoms with van der Waals surface area (Å²) in [5.41, 5.74) is 8.10. The zero-order valence-corrected chi connectivity index (χ0v) is 18.9. The van der Waals surface area contributed by atoms with Gasteiger partial charge in [-0.3, -0.25) is 10.2 Å². The number of carbonyl (C=O) groups is 1. The van der Waals surface area contributed by atoms with Crippen molar-refractivity contribution in [3.8, 4) is 5.75 Å². The highest BCUT2D eigenvalue weighted by Crippen LogP contribution is 2.27. The molecule has 5 N–H and O–H groups in total. The van der Waals surface area contributed by atoms with E-state index in [4.69, 9.17) is 15.9 Å². The summed E-state index contributed by atoms with van der Waals surface area (Å²) in [6.45, 7) is 0.189. The minimum atomic E-state index is -0.648. The molecule has 3 aromatic rings. The molecule has 4 rings (SSSR count). The lowest BCUT2D eigenvalue weighted by molar-refractivity contribution is 0.0943. The van der Waals surface area contributed by atoms with Gasteiger partial charge in [-0.1, -0.05) is 43.2 Å². The second kappa shape index (κ2) is 10.3. The first-order valence-electron chi connectivity index (χ1n) is 11.1. The van der Waals surface area contributed by atoms with Crippen LogP contribution in [0.1, 0.15) is 52.7 Å². The molecule has 1 aliphatic carbocycles. The van der Waals surface area contributed by atoms with Crippen molar-refractivity contribution in [3.63, 3.8) is 0 Å². The van der Waals surface area contributed by atoms with Crippen LogP contribution >= 0.6 is 0 Å². The summed E-state index contributed by atoms with van der Waals surface area (Å²) in [5.74, 6) is -0.227. The highest BCUT2D eigenvalue weighted by Gasteiger charge is 2.21. The number of nitrogens with two attached hydrogens (primary N) is 1. The fourth-order valence-electron chi connectivity index (χ4n) is 4.12. The molecule has 1 heterocycles.